The molecule has 0 bridgehead atoms. The average molecular weight is 878 g/mol. The van der Waals surface area contributed by atoms with Gasteiger partial charge >= 0.3 is 0 Å². The predicted molar refractivity (Wildman–Crippen MR) is 241 cm³/mol. The Bertz CT molecular complexity index is 2520. The van der Waals surface area contributed by atoms with Crippen LogP contribution in [-0.2, 0) is 36.1 Å². The van der Waals surface area contributed by atoms with Gasteiger partial charge in [-0.15, -0.1) is 24.8 Å². The van der Waals surface area contributed by atoms with Crippen molar-refractivity contribution in [3.05, 3.63) is 159 Å². The number of nitrogens with zero attached hydrogens (tertiary/aromatic N) is 4. The summed E-state index contributed by atoms with van der Waals surface area (Å²) < 4.78 is 31.4. The number of aromatic nitrogens is 1. The van der Waals surface area contributed by atoms with E-state index in [1.54, 1.807) is 12.1 Å². The highest BCUT2D eigenvalue weighted by atomic mass is 35.5. The van der Waals surface area contributed by atoms with E-state index in [9.17, 15) is 23.3 Å². The molecule has 0 radical (unpaired) electrons. The van der Waals surface area contributed by atoms with E-state index < -0.39 is 20.9 Å². The van der Waals surface area contributed by atoms with Gasteiger partial charge in [0, 0.05) is 65.5 Å². The highest BCUT2D eigenvalue weighted by molar-refractivity contribution is 7.90. The Labute approximate surface area is 362 Å². The second-order valence-corrected chi connectivity index (χ2v) is 16.9. The second kappa shape index (κ2) is 19.9. The Morgan fingerprint density at radius 1 is 0.881 bits per heavy atom. The molecule has 5 aromatic carbocycles. The normalized spacial score (nSPS) is 13.2. The first-order valence-corrected chi connectivity index (χ1v) is 20.8. The minimum Gasteiger partial charge on any atom is -0.377 e. The Kier molecular flexibility index (Phi) is 15.2. The summed E-state index contributed by atoms with van der Waals surface area (Å²) in [7, 11) is -0.518. The van der Waals surface area contributed by atoms with Crippen LogP contribution in [0.1, 0.15) is 40.0 Å². The van der Waals surface area contributed by atoms with Gasteiger partial charge in [0.2, 0.25) is 0 Å². The van der Waals surface area contributed by atoms with Crippen LogP contribution in [0.25, 0.3) is 22.0 Å². The zero-order chi connectivity index (χ0) is 40.1. The molecule has 0 fully saturated rings. The standard InChI is InChI=1S/C44H45ClN6O5S.2ClH/c1-48(2)23-22-37(18-12-31-8-4-3-5-9-31)46-41-20-19-39(28-43(41)51(53)54)57(55,56)47-44(52)33-15-21-42-35(26-33)27-38-30-49(24-25-50(38)42)29-34-10-6-7-11-40(34)32-13-16-36(45)17-14-32;;/h3-11,13-17,19-21,26-28,37,46H,12,18,22-25,29-30H2,1-2H3,(H,47,52);2*1H. The molecule has 0 saturated carbocycles. The largest absolute Gasteiger partial charge is 0.377 e. The molecule has 59 heavy (non-hydrogen) atoms. The van der Waals surface area contributed by atoms with Crippen LogP contribution in [0.2, 0.25) is 5.02 Å². The van der Waals surface area contributed by atoms with E-state index in [1.165, 1.54) is 17.7 Å². The number of rotatable bonds is 15. The molecule has 310 valence electrons. The van der Waals surface area contributed by atoms with Crippen molar-refractivity contribution in [2.75, 3.05) is 32.5 Å². The molecule has 0 saturated heterocycles. The molecule has 7 rings (SSSR count). The van der Waals surface area contributed by atoms with Crippen molar-refractivity contribution in [2.24, 2.45) is 0 Å². The maximum Gasteiger partial charge on any atom is 0.293 e. The lowest BCUT2D eigenvalue weighted by Crippen LogP contribution is -2.33. The van der Waals surface area contributed by atoms with Crippen LogP contribution in [0, 0.1) is 10.1 Å². The van der Waals surface area contributed by atoms with Crippen LogP contribution in [0.4, 0.5) is 11.4 Å². The SMILES string of the molecule is CN(C)CCC(CCc1ccccc1)Nc1ccc(S(=O)(=O)NC(=O)c2ccc3c(c2)cc2n3CCN(Cc3ccccc3-c3ccc(Cl)cc3)C2)cc1[N+](=O)[O-].Cl.Cl. The summed E-state index contributed by atoms with van der Waals surface area (Å²) >= 11 is 6.14. The van der Waals surface area contributed by atoms with E-state index >= 15 is 0 Å². The Hall–Kier alpha value is -4.95. The fraction of sp³-hybridized carbons (Fsp3) is 0.250. The van der Waals surface area contributed by atoms with Crippen LogP contribution in [0.15, 0.2) is 126 Å². The van der Waals surface area contributed by atoms with Gasteiger partial charge < -0.3 is 14.8 Å². The van der Waals surface area contributed by atoms with Crippen LogP contribution < -0.4 is 10.0 Å². The van der Waals surface area contributed by atoms with E-state index in [-0.39, 0.29) is 52.7 Å². The number of nitro benzene ring substituents is 1. The van der Waals surface area contributed by atoms with Crippen molar-refractivity contribution in [1.82, 2.24) is 19.1 Å². The lowest BCUT2D eigenvalue weighted by molar-refractivity contribution is -0.384. The Balaban J connectivity index is 0.00000331. The maximum absolute atomic E-state index is 13.5. The van der Waals surface area contributed by atoms with Crippen molar-refractivity contribution in [2.45, 2.75) is 49.8 Å². The number of aryl methyl sites for hydroxylation is 1. The fourth-order valence-electron chi connectivity index (χ4n) is 7.46. The number of carbonyl (C=O) groups excluding carboxylic acids is 1. The highest BCUT2D eigenvalue weighted by Gasteiger charge is 2.26. The molecular weight excluding hydrogens is 831 g/mol. The number of carbonyl (C=O) groups is 1. The van der Waals surface area contributed by atoms with E-state index in [0.717, 1.165) is 84.8 Å². The van der Waals surface area contributed by atoms with Crippen LogP contribution in [0.3, 0.4) is 0 Å². The molecule has 1 aliphatic rings. The van der Waals surface area contributed by atoms with Gasteiger partial charge in [0.1, 0.15) is 5.69 Å². The molecule has 1 amide bonds. The molecule has 0 aliphatic carbocycles. The third-order valence-electron chi connectivity index (χ3n) is 10.5. The van der Waals surface area contributed by atoms with Gasteiger partial charge in [-0.2, -0.15) is 0 Å². The Morgan fingerprint density at radius 3 is 2.34 bits per heavy atom. The second-order valence-electron chi connectivity index (χ2n) is 14.8. The van der Waals surface area contributed by atoms with Crippen LogP contribution in [-0.4, -0.2) is 66.8 Å². The predicted octanol–water partition coefficient (Wildman–Crippen LogP) is 9.21. The summed E-state index contributed by atoms with van der Waals surface area (Å²) in [6, 6.07) is 37.0. The van der Waals surface area contributed by atoms with Gasteiger partial charge in [0.15, 0.2) is 0 Å². The van der Waals surface area contributed by atoms with Crippen LogP contribution >= 0.6 is 36.4 Å². The van der Waals surface area contributed by atoms with Gasteiger partial charge in [-0.25, -0.2) is 13.1 Å². The molecule has 2 N–H and O–H groups in total. The number of amides is 1. The summed E-state index contributed by atoms with van der Waals surface area (Å²) in [5.74, 6) is -0.823. The summed E-state index contributed by atoms with van der Waals surface area (Å²) in [4.78, 5) is 29.1. The van der Waals surface area contributed by atoms with E-state index in [1.807, 2.05) is 97.9 Å². The van der Waals surface area contributed by atoms with Crippen molar-refractivity contribution in [3.63, 3.8) is 0 Å². The van der Waals surface area contributed by atoms with E-state index in [2.05, 4.69) is 31.6 Å². The summed E-state index contributed by atoms with van der Waals surface area (Å²) in [5, 5.41) is 17.1. The number of benzene rings is 5. The highest BCUT2D eigenvalue weighted by Crippen LogP contribution is 2.32. The number of nitrogens with one attached hydrogen (secondary N) is 2. The summed E-state index contributed by atoms with van der Waals surface area (Å²) in [5.41, 5.74) is 6.68. The third-order valence-corrected chi connectivity index (χ3v) is 12.0. The number of hydrogen-bond acceptors (Lipinski definition) is 8. The van der Waals surface area contributed by atoms with E-state index in [4.69, 9.17) is 11.6 Å². The van der Waals surface area contributed by atoms with Crippen molar-refractivity contribution in [1.29, 1.82) is 0 Å². The lowest BCUT2D eigenvalue weighted by Gasteiger charge is -2.29. The van der Waals surface area contributed by atoms with Crippen molar-refractivity contribution in [3.8, 4) is 11.1 Å². The first-order valence-electron chi connectivity index (χ1n) is 18.9. The quantitative estimate of drug-likeness (QED) is 0.0772. The third kappa shape index (κ3) is 11.0. The van der Waals surface area contributed by atoms with Gasteiger partial charge in [0.05, 0.1) is 9.82 Å². The van der Waals surface area contributed by atoms with Crippen molar-refractivity contribution >= 4 is 74.6 Å². The topological polar surface area (TPSA) is 130 Å². The first kappa shape index (κ1) is 45.1. The molecule has 1 aliphatic heterocycles. The number of sulfonamides is 1. The number of hydrogen-bond donors (Lipinski definition) is 2. The molecule has 1 aromatic heterocycles. The monoisotopic (exact) mass is 876 g/mol. The Morgan fingerprint density at radius 2 is 1.61 bits per heavy atom. The zero-order valence-corrected chi connectivity index (χ0v) is 35.9. The van der Waals surface area contributed by atoms with E-state index in [0.29, 0.717) is 11.6 Å². The molecule has 15 heteroatoms. The molecule has 0 spiro atoms. The minimum atomic E-state index is -4.45. The number of fused-ring (bicyclic) bond motifs is 3. The van der Waals surface area contributed by atoms with Gasteiger partial charge in [-0.3, -0.25) is 19.8 Å². The average Bonchev–Trinajstić information content (AvgIpc) is 3.56. The first-order chi connectivity index (χ1) is 27.4. The van der Waals surface area contributed by atoms with Gasteiger partial charge in [-0.05, 0) is 111 Å². The molecular formula is C44H47Cl3N6O5S. The summed E-state index contributed by atoms with van der Waals surface area (Å²) in [6.07, 6.45) is 2.22. The molecule has 1 atom stereocenters. The van der Waals surface area contributed by atoms with Gasteiger partial charge in [0.25, 0.3) is 21.6 Å². The van der Waals surface area contributed by atoms with Crippen LogP contribution in [0.5, 0.6) is 0 Å². The smallest absolute Gasteiger partial charge is 0.293 e. The number of nitro groups is 1. The molecule has 6 aromatic rings. The van der Waals surface area contributed by atoms with Crippen molar-refractivity contribution < 1.29 is 18.1 Å². The maximum atomic E-state index is 13.5. The molecule has 1 unspecified atom stereocenters. The van der Waals surface area contributed by atoms with Gasteiger partial charge in [-0.1, -0.05) is 78.3 Å². The zero-order valence-electron chi connectivity index (χ0n) is 32.7. The number of anilines is 1. The summed E-state index contributed by atoms with van der Waals surface area (Å²) in [6.45, 7) is 3.81. The minimum absolute atomic E-state index is 0. The number of halogens is 3. The fourth-order valence-corrected chi connectivity index (χ4v) is 8.58. The lowest BCUT2D eigenvalue weighted by atomic mass is 9.99. The molecule has 2 heterocycles. The molecule has 11 nitrogen and oxygen atoms in total.